The lowest BCUT2D eigenvalue weighted by Gasteiger charge is -2.23. The summed E-state index contributed by atoms with van der Waals surface area (Å²) in [5.41, 5.74) is 0.918. The second-order valence-electron chi connectivity index (χ2n) is 6.13. The minimum absolute atomic E-state index is 0.0276. The summed E-state index contributed by atoms with van der Waals surface area (Å²) in [6.45, 7) is 0.377. The highest BCUT2D eigenvalue weighted by Gasteiger charge is 2.33. The van der Waals surface area contributed by atoms with Crippen molar-refractivity contribution in [3.63, 3.8) is 0 Å². The van der Waals surface area contributed by atoms with Gasteiger partial charge in [-0.3, -0.25) is 14.4 Å². The van der Waals surface area contributed by atoms with E-state index in [-0.39, 0.29) is 11.3 Å². The van der Waals surface area contributed by atoms with E-state index in [1.165, 1.54) is 0 Å². The highest BCUT2D eigenvalue weighted by molar-refractivity contribution is 8.14. The van der Waals surface area contributed by atoms with Gasteiger partial charge in [0.25, 0.3) is 0 Å². The molecule has 140 valence electrons. The molecule has 1 amide bonds. The molecule has 1 fully saturated rings. The molecule has 0 spiro atoms. The molecule has 3 rings (SSSR count). The highest BCUT2D eigenvalue weighted by atomic mass is 32.2. The van der Waals surface area contributed by atoms with E-state index in [1.54, 1.807) is 4.90 Å². The quantitative estimate of drug-likeness (QED) is 0.732. The Bertz CT molecular complexity index is 822. The number of rotatable bonds is 7. The molecule has 1 N–H and O–H groups in total. The predicted molar refractivity (Wildman–Crippen MR) is 101 cm³/mol. The third-order valence-corrected chi connectivity index (χ3v) is 5.26. The number of nitrogens with zero attached hydrogens (tertiary/aromatic N) is 1. The van der Waals surface area contributed by atoms with Gasteiger partial charge in [0.15, 0.2) is 0 Å². The van der Waals surface area contributed by atoms with Crippen LogP contribution in [-0.2, 0) is 20.9 Å². The number of amides is 1. The van der Waals surface area contributed by atoms with Crippen molar-refractivity contribution < 1.29 is 24.2 Å². The van der Waals surface area contributed by atoms with Gasteiger partial charge < -0.3 is 14.7 Å². The van der Waals surface area contributed by atoms with E-state index in [9.17, 15) is 14.4 Å². The van der Waals surface area contributed by atoms with Crippen molar-refractivity contribution in [1.82, 2.24) is 4.90 Å². The van der Waals surface area contributed by atoms with Crippen molar-refractivity contribution in [3.8, 4) is 11.5 Å². The van der Waals surface area contributed by atoms with Crippen LogP contribution in [0.3, 0.4) is 0 Å². The Morgan fingerprint density at radius 2 is 1.74 bits per heavy atom. The van der Waals surface area contributed by atoms with Crippen LogP contribution in [0.15, 0.2) is 54.6 Å². The Kier molecular flexibility index (Phi) is 6.13. The van der Waals surface area contributed by atoms with Gasteiger partial charge in [0.1, 0.15) is 17.9 Å². The Labute approximate surface area is 161 Å². The number of carbonyl (C=O) groups is 3. The zero-order valence-corrected chi connectivity index (χ0v) is 15.4. The Hall–Kier alpha value is -2.80. The minimum atomic E-state index is -1.16. The van der Waals surface area contributed by atoms with Crippen LogP contribution in [0, 0.1) is 0 Å². The number of hydrogen-bond donors (Lipinski definition) is 1. The van der Waals surface area contributed by atoms with Crippen molar-refractivity contribution >= 4 is 28.8 Å². The topological polar surface area (TPSA) is 83.9 Å². The van der Waals surface area contributed by atoms with Crippen molar-refractivity contribution in [2.24, 2.45) is 0 Å². The Morgan fingerprint density at radius 1 is 1.07 bits per heavy atom. The average Bonchev–Trinajstić information content (AvgIpc) is 2.97. The van der Waals surface area contributed by atoms with E-state index in [0.717, 1.165) is 23.1 Å². The maximum absolute atomic E-state index is 12.2. The molecule has 0 saturated carbocycles. The number of carboxylic acid groups (broad SMARTS) is 1. The molecule has 0 aliphatic carbocycles. The summed E-state index contributed by atoms with van der Waals surface area (Å²) in [5, 5.41) is 7.97. The second-order valence-corrected chi connectivity index (χ2v) is 7.37. The molecule has 2 aromatic carbocycles. The SMILES string of the molecule is O=C(O)CC(=O)SC1CCC(=O)N1Cc1ccc(Oc2ccccc2)cc1. The summed E-state index contributed by atoms with van der Waals surface area (Å²) >= 11 is 0.932. The van der Waals surface area contributed by atoms with Gasteiger partial charge in [-0.05, 0) is 36.2 Å². The molecule has 6 nitrogen and oxygen atoms in total. The van der Waals surface area contributed by atoms with Gasteiger partial charge in [0.2, 0.25) is 11.0 Å². The number of benzene rings is 2. The molecule has 7 heteroatoms. The van der Waals surface area contributed by atoms with Crippen LogP contribution in [-0.4, -0.2) is 32.4 Å². The lowest BCUT2D eigenvalue weighted by molar-refractivity contribution is -0.138. The standard InChI is InChI=1S/C20H19NO5S/c22-17-10-11-18(27-20(25)12-19(23)24)21(17)13-14-6-8-16(9-7-14)26-15-4-2-1-3-5-15/h1-9,18H,10-13H2,(H,23,24). The third-order valence-electron chi connectivity index (χ3n) is 4.09. The zero-order chi connectivity index (χ0) is 19.2. The van der Waals surface area contributed by atoms with Gasteiger partial charge in [-0.15, -0.1) is 0 Å². The Morgan fingerprint density at radius 3 is 2.41 bits per heavy atom. The molecule has 27 heavy (non-hydrogen) atoms. The summed E-state index contributed by atoms with van der Waals surface area (Å²) in [6.07, 6.45) is 0.381. The number of carboxylic acids is 1. The summed E-state index contributed by atoms with van der Waals surface area (Å²) in [4.78, 5) is 36.2. The number of aliphatic carboxylic acids is 1. The van der Waals surface area contributed by atoms with Crippen LogP contribution in [0.1, 0.15) is 24.8 Å². The molecule has 0 radical (unpaired) electrons. The maximum atomic E-state index is 12.2. The lowest BCUT2D eigenvalue weighted by Crippen LogP contribution is -2.31. The van der Waals surface area contributed by atoms with Gasteiger partial charge in [0, 0.05) is 13.0 Å². The van der Waals surface area contributed by atoms with Crippen LogP contribution in [0.25, 0.3) is 0 Å². The van der Waals surface area contributed by atoms with E-state index in [2.05, 4.69) is 0 Å². The van der Waals surface area contributed by atoms with E-state index in [1.807, 2.05) is 54.6 Å². The van der Waals surface area contributed by atoms with Crippen LogP contribution >= 0.6 is 11.8 Å². The maximum Gasteiger partial charge on any atom is 0.311 e. The first kappa shape index (κ1) is 19.0. The largest absolute Gasteiger partial charge is 0.481 e. The van der Waals surface area contributed by atoms with Crippen molar-refractivity contribution in [1.29, 1.82) is 0 Å². The van der Waals surface area contributed by atoms with Gasteiger partial charge in [-0.25, -0.2) is 0 Å². The van der Waals surface area contributed by atoms with E-state index in [0.29, 0.717) is 25.1 Å². The van der Waals surface area contributed by atoms with E-state index >= 15 is 0 Å². The van der Waals surface area contributed by atoms with Gasteiger partial charge in [0.05, 0.1) is 5.37 Å². The van der Waals surface area contributed by atoms with Crippen molar-refractivity contribution in [2.75, 3.05) is 0 Å². The van der Waals surface area contributed by atoms with Gasteiger partial charge >= 0.3 is 5.97 Å². The normalized spacial score (nSPS) is 16.4. The monoisotopic (exact) mass is 385 g/mol. The van der Waals surface area contributed by atoms with Crippen LogP contribution in [0.5, 0.6) is 11.5 Å². The smallest absolute Gasteiger partial charge is 0.311 e. The number of carbonyl (C=O) groups excluding carboxylic acids is 2. The molecule has 1 heterocycles. The molecule has 2 aromatic rings. The molecular weight excluding hydrogens is 366 g/mol. The average molecular weight is 385 g/mol. The van der Waals surface area contributed by atoms with E-state index in [4.69, 9.17) is 9.84 Å². The molecule has 1 aliphatic rings. The number of hydrogen-bond acceptors (Lipinski definition) is 5. The van der Waals surface area contributed by atoms with E-state index < -0.39 is 17.5 Å². The van der Waals surface area contributed by atoms with Crippen LogP contribution in [0.2, 0.25) is 0 Å². The zero-order valence-electron chi connectivity index (χ0n) is 14.5. The predicted octanol–water partition coefficient (Wildman–Crippen LogP) is 3.66. The lowest BCUT2D eigenvalue weighted by atomic mass is 10.2. The van der Waals surface area contributed by atoms with Crippen LogP contribution in [0.4, 0.5) is 0 Å². The molecule has 0 bridgehead atoms. The number of ether oxygens (including phenoxy) is 1. The summed E-state index contributed by atoms with van der Waals surface area (Å²) in [7, 11) is 0. The van der Waals surface area contributed by atoms with Crippen LogP contribution < -0.4 is 4.74 Å². The highest BCUT2D eigenvalue weighted by Crippen LogP contribution is 2.31. The number of likely N-dealkylation sites (tertiary alicyclic amines) is 1. The molecular formula is C20H19NO5S. The molecule has 0 aromatic heterocycles. The first-order chi connectivity index (χ1) is 13.0. The summed E-state index contributed by atoms with van der Waals surface area (Å²) < 4.78 is 5.75. The van der Waals surface area contributed by atoms with Gasteiger partial charge in [-0.1, -0.05) is 42.1 Å². The second kappa shape index (κ2) is 8.73. The molecule has 1 aliphatic heterocycles. The third kappa shape index (κ3) is 5.34. The van der Waals surface area contributed by atoms with Crippen molar-refractivity contribution in [3.05, 3.63) is 60.2 Å². The molecule has 1 unspecified atom stereocenters. The fourth-order valence-electron chi connectivity index (χ4n) is 2.82. The minimum Gasteiger partial charge on any atom is -0.481 e. The first-order valence-corrected chi connectivity index (χ1v) is 9.42. The number of para-hydroxylation sites is 1. The van der Waals surface area contributed by atoms with Crippen molar-refractivity contribution in [2.45, 2.75) is 31.2 Å². The summed E-state index contributed by atoms with van der Waals surface area (Å²) in [5.74, 6) is 0.256. The molecule has 1 atom stereocenters. The fraction of sp³-hybridized carbons (Fsp3) is 0.250. The van der Waals surface area contributed by atoms with Gasteiger partial charge in [-0.2, -0.15) is 0 Å². The molecule has 1 saturated heterocycles. The first-order valence-electron chi connectivity index (χ1n) is 8.54. The summed E-state index contributed by atoms with van der Waals surface area (Å²) in [6, 6.07) is 16.9. The fourth-order valence-corrected chi connectivity index (χ4v) is 3.89. The number of thioether (sulfide) groups is 1. The Balaban J connectivity index is 1.61.